The van der Waals surface area contributed by atoms with Gasteiger partial charge in [-0.2, -0.15) is 0 Å². The highest BCUT2D eigenvalue weighted by molar-refractivity contribution is 7.75. The zero-order valence-electron chi connectivity index (χ0n) is 15.1. The lowest BCUT2D eigenvalue weighted by atomic mass is 10.4. The van der Waals surface area contributed by atoms with E-state index in [-0.39, 0.29) is 11.7 Å². The Morgan fingerprint density at radius 1 is 0.952 bits per heavy atom. The van der Waals surface area contributed by atoms with Gasteiger partial charge in [-0.1, -0.05) is 46.6 Å². The summed E-state index contributed by atoms with van der Waals surface area (Å²) >= 11 is 0. The molecule has 3 nitrogen and oxygen atoms in total. The molecule has 0 aliphatic carbocycles. The molecule has 0 atom stereocenters. The predicted molar refractivity (Wildman–Crippen MR) is 99.6 cm³/mol. The quantitative estimate of drug-likeness (QED) is 0.392. The lowest BCUT2D eigenvalue weighted by Crippen LogP contribution is -2.07. The van der Waals surface area contributed by atoms with Gasteiger partial charge in [-0.05, 0) is 26.2 Å². The van der Waals surface area contributed by atoms with Crippen LogP contribution in [0.4, 0.5) is 0 Å². The Morgan fingerprint density at radius 2 is 1.19 bits per heavy atom. The van der Waals surface area contributed by atoms with Gasteiger partial charge < -0.3 is 11.3 Å². The maximum atomic E-state index is 9.60. The monoisotopic (exact) mass is 320 g/mol. The third-order valence-corrected chi connectivity index (χ3v) is 7.71. The van der Waals surface area contributed by atoms with Crippen molar-refractivity contribution in [2.45, 2.75) is 66.2 Å². The van der Waals surface area contributed by atoms with Crippen LogP contribution in [-0.2, 0) is 4.79 Å². The first-order chi connectivity index (χ1) is 9.32. The fourth-order valence-electron chi connectivity index (χ4n) is 1.95. The van der Waals surface area contributed by atoms with Gasteiger partial charge in [0.05, 0.1) is 18.5 Å². The summed E-state index contributed by atoms with van der Waals surface area (Å²) in [5, 5.41) is 7.89. The van der Waals surface area contributed by atoms with Crippen molar-refractivity contribution >= 4 is 13.2 Å². The topological polar surface area (TPSA) is 72.3 Å². The molecule has 0 saturated carbocycles. The van der Waals surface area contributed by atoms with Crippen LogP contribution in [0.1, 0.15) is 66.2 Å². The van der Waals surface area contributed by atoms with Crippen molar-refractivity contribution in [2.75, 3.05) is 25.2 Å². The van der Waals surface area contributed by atoms with E-state index >= 15 is 0 Å². The molecular weight excluding hydrogens is 281 g/mol. The SMILES string of the molecule is C=C(C)C(=O)O.CCCC[P+](C)(CCCC)CCCC.N. The molecule has 0 spiro atoms. The standard InChI is InChI=1S/C13H30P.C4H6O2.H3N/c1-5-8-11-14(4,12-9-6-2)13-10-7-3;1-3(2)4(5)6;/h5-13H2,1-4H3;1H2,2H3,(H,5,6);1H3/q+1;;. The number of hydrogen-bond donors (Lipinski definition) is 2. The third kappa shape index (κ3) is 17.5. The molecule has 0 rings (SSSR count). The molecule has 0 aliphatic rings. The van der Waals surface area contributed by atoms with Gasteiger partial charge in [0.2, 0.25) is 0 Å². The van der Waals surface area contributed by atoms with Crippen LogP contribution in [0.2, 0.25) is 0 Å². The first-order valence-electron chi connectivity index (χ1n) is 8.05. The maximum Gasteiger partial charge on any atom is 0.330 e. The summed E-state index contributed by atoms with van der Waals surface area (Å²) in [6.45, 7) is 14.2. The van der Waals surface area contributed by atoms with Gasteiger partial charge in [-0.15, -0.1) is 0 Å². The van der Waals surface area contributed by atoms with Crippen molar-refractivity contribution in [1.82, 2.24) is 6.15 Å². The van der Waals surface area contributed by atoms with E-state index < -0.39 is 13.2 Å². The largest absolute Gasteiger partial charge is 0.478 e. The molecule has 0 aliphatic heterocycles. The Kier molecular flexibility index (Phi) is 19.4. The molecule has 0 aromatic heterocycles. The van der Waals surface area contributed by atoms with Crippen molar-refractivity contribution < 1.29 is 9.90 Å². The molecule has 21 heavy (non-hydrogen) atoms. The second kappa shape index (κ2) is 16.0. The van der Waals surface area contributed by atoms with E-state index in [0.717, 1.165) is 0 Å². The van der Waals surface area contributed by atoms with Gasteiger partial charge in [-0.3, -0.25) is 0 Å². The molecule has 0 radical (unpaired) electrons. The zero-order valence-corrected chi connectivity index (χ0v) is 16.0. The van der Waals surface area contributed by atoms with E-state index in [1.807, 2.05) is 0 Å². The van der Waals surface area contributed by atoms with E-state index in [9.17, 15) is 4.79 Å². The molecule has 0 aromatic rings. The van der Waals surface area contributed by atoms with Gasteiger partial charge in [-0.25, -0.2) is 4.79 Å². The molecule has 0 bridgehead atoms. The predicted octanol–water partition coefficient (Wildman–Crippen LogP) is 5.84. The number of carbonyl (C=O) groups is 1. The van der Waals surface area contributed by atoms with E-state index in [4.69, 9.17) is 5.11 Å². The molecule has 0 amide bonds. The molecule has 0 unspecified atom stereocenters. The van der Waals surface area contributed by atoms with Gasteiger partial charge in [0.25, 0.3) is 0 Å². The minimum atomic E-state index is -0.935. The number of hydrogen-bond acceptors (Lipinski definition) is 2. The Hall–Kier alpha value is -0.400. The number of unbranched alkanes of at least 4 members (excludes halogenated alkanes) is 3. The molecule has 0 heterocycles. The van der Waals surface area contributed by atoms with Crippen LogP contribution in [0.5, 0.6) is 0 Å². The van der Waals surface area contributed by atoms with Crippen molar-refractivity contribution in [2.24, 2.45) is 0 Å². The summed E-state index contributed by atoms with van der Waals surface area (Å²) in [6, 6.07) is 0. The second-order valence-corrected chi connectivity index (χ2v) is 10.5. The van der Waals surface area contributed by atoms with Crippen LogP contribution in [0.25, 0.3) is 0 Å². The van der Waals surface area contributed by atoms with Crippen LogP contribution in [0.15, 0.2) is 12.2 Å². The fraction of sp³-hybridized carbons (Fsp3) is 0.824. The number of aliphatic carboxylic acids is 1. The number of rotatable bonds is 10. The van der Waals surface area contributed by atoms with E-state index in [2.05, 4.69) is 34.0 Å². The van der Waals surface area contributed by atoms with Crippen LogP contribution in [0, 0.1) is 0 Å². The molecular formula is C17H39NO2P+. The van der Waals surface area contributed by atoms with Crippen molar-refractivity contribution in [1.29, 1.82) is 0 Å². The van der Waals surface area contributed by atoms with Gasteiger partial charge in [0.15, 0.2) is 0 Å². The first-order valence-corrected chi connectivity index (χ1v) is 10.8. The summed E-state index contributed by atoms with van der Waals surface area (Å²) in [5.74, 6) is -0.935. The van der Waals surface area contributed by atoms with Gasteiger partial charge in [0.1, 0.15) is 0 Å². The smallest absolute Gasteiger partial charge is 0.330 e. The highest BCUT2D eigenvalue weighted by atomic mass is 31.2. The molecule has 4 N–H and O–H groups in total. The van der Waals surface area contributed by atoms with Gasteiger partial charge in [0, 0.05) is 19.5 Å². The zero-order chi connectivity index (χ0) is 16.0. The van der Waals surface area contributed by atoms with E-state index in [0.29, 0.717) is 0 Å². The van der Waals surface area contributed by atoms with Crippen LogP contribution < -0.4 is 6.15 Å². The number of carboxylic acid groups (broad SMARTS) is 1. The molecule has 0 saturated heterocycles. The first kappa shape index (κ1) is 25.5. The average Bonchev–Trinajstić information content (AvgIpc) is 2.41. The second-order valence-electron chi connectivity index (χ2n) is 5.94. The molecule has 4 heteroatoms. The Balaban J connectivity index is -0.000000394. The summed E-state index contributed by atoms with van der Waals surface area (Å²) in [7, 11) is -0.519. The Labute approximate surface area is 133 Å². The summed E-state index contributed by atoms with van der Waals surface area (Å²) < 4.78 is 0. The van der Waals surface area contributed by atoms with Crippen molar-refractivity contribution in [3.63, 3.8) is 0 Å². The lowest BCUT2D eigenvalue weighted by molar-refractivity contribution is -0.132. The molecule has 0 fully saturated rings. The molecule has 128 valence electrons. The third-order valence-electron chi connectivity index (χ3n) is 3.52. The summed E-state index contributed by atoms with van der Waals surface area (Å²) in [4.78, 5) is 9.60. The maximum absolute atomic E-state index is 9.60. The lowest BCUT2D eigenvalue weighted by Gasteiger charge is -2.22. The van der Waals surface area contributed by atoms with Crippen LogP contribution in [-0.4, -0.2) is 36.2 Å². The Morgan fingerprint density at radius 3 is 1.33 bits per heavy atom. The van der Waals surface area contributed by atoms with Crippen molar-refractivity contribution in [3.05, 3.63) is 12.2 Å². The normalized spacial score (nSPS) is 10.1. The minimum absolute atomic E-state index is 0. The number of carboxylic acids is 1. The van der Waals surface area contributed by atoms with Crippen LogP contribution >= 0.6 is 7.26 Å². The highest BCUT2D eigenvalue weighted by Gasteiger charge is 2.28. The van der Waals surface area contributed by atoms with Crippen LogP contribution in [0.3, 0.4) is 0 Å². The van der Waals surface area contributed by atoms with Gasteiger partial charge >= 0.3 is 5.97 Å². The fourth-order valence-corrected chi connectivity index (χ4v) is 5.86. The van der Waals surface area contributed by atoms with E-state index in [1.54, 1.807) is 18.5 Å². The van der Waals surface area contributed by atoms with Crippen molar-refractivity contribution in [3.8, 4) is 0 Å². The highest BCUT2D eigenvalue weighted by Crippen LogP contribution is 2.57. The Bertz CT molecular complexity index is 234. The summed E-state index contributed by atoms with van der Waals surface area (Å²) in [5.41, 5.74) is 0.176. The minimum Gasteiger partial charge on any atom is -0.478 e. The average molecular weight is 320 g/mol. The summed E-state index contributed by atoms with van der Waals surface area (Å²) in [6.07, 6.45) is 13.2. The van der Waals surface area contributed by atoms with E-state index in [1.165, 1.54) is 45.4 Å². The molecule has 0 aromatic carbocycles.